The molecule has 0 aromatic carbocycles. The molecule has 0 saturated carbocycles. The van der Waals surface area contributed by atoms with Gasteiger partial charge < -0.3 is 21.1 Å². The van der Waals surface area contributed by atoms with Crippen molar-refractivity contribution in [2.75, 3.05) is 6.54 Å². The third kappa shape index (κ3) is 4.29. The van der Waals surface area contributed by atoms with E-state index in [-0.39, 0.29) is 18.4 Å². The summed E-state index contributed by atoms with van der Waals surface area (Å²) in [7, 11) is 0. The van der Waals surface area contributed by atoms with Crippen molar-refractivity contribution in [1.29, 1.82) is 0 Å². The van der Waals surface area contributed by atoms with Crippen molar-refractivity contribution in [3.05, 3.63) is 0 Å². The maximum atomic E-state index is 11.5. The Kier molecular flexibility index (Phi) is 4.74. The van der Waals surface area contributed by atoms with Crippen LogP contribution in [-0.2, 0) is 9.59 Å². The van der Waals surface area contributed by atoms with Crippen LogP contribution in [0.25, 0.3) is 0 Å². The van der Waals surface area contributed by atoms with Gasteiger partial charge in [0.05, 0.1) is 6.04 Å². The van der Waals surface area contributed by atoms with Gasteiger partial charge in [-0.1, -0.05) is 13.3 Å². The Bertz CT molecular complexity index is 319. The molecule has 7 nitrogen and oxygen atoms in total. The second-order valence-corrected chi connectivity index (χ2v) is 4.00. The van der Waals surface area contributed by atoms with E-state index >= 15 is 0 Å². The lowest BCUT2D eigenvalue weighted by Gasteiger charge is -2.16. The van der Waals surface area contributed by atoms with E-state index in [9.17, 15) is 14.4 Å². The van der Waals surface area contributed by atoms with Crippen LogP contribution in [0.5, 0.6) is 0 Å². The van der Waals surface area contributed by atoms with Crippen LogP contribution in [0.2, 0.25) is 0 Å². The Balaban J connectivity index is 2.36. The van der Waals surface area contributed by atoms with Gasteiger partial charge in [-0.25, -0.2) is 9.59 Å². The van der Waals surface area contributed by atoms with E-state index in [1.54, 1.807) is 0 Å². The van der Waals surface area contributed by atoms with Gasteiger partial charge in [-0.05, 0) is 6.42 Å². The first kappa shape index (κ1) is 13.3. The molecule has 0 aromatic rings. The predicted octanol–water partition coefficient (Wildman–Crippen LogP) is -0.573. The monoisotopic (exact) mass is 243 g/mol. The average Bonchev–Trinajstić information content (AvgIpc) is 2.63. The molecule has 0 radical (unpaired) electrons. The zero-order valence-corrected chi connectivity index (χ0v) is 9.66. The molecule has 96 valence electrons. The Hall–Kier alpha value is -1.79. The van der Waals surface area contributed by atoms with Gasteiger partial charge in [0.1, 0.15) is 6.04 Å². The molecule has 3 amide bonds. The lowest BCUT2D eigenvalue weighted by atomic mass is 10.2. The highest BCUT2D eigenvalue weighted by atomic mass is 16.4. The number of carboxylic acids is 1. The number of hydrogen-bond acceptors (Lipinski definition) is 3. The lowest BCUT2D eigenvalue weighted by Crippen LogP contribution is -2.49. The van der Waals surface area contributed by atoms with E-state index in [2.05, 4.69) is 16.0 Å². The molecule has 1 saturated heterocycles. The number of amides is 3. The van der Waals surface area contributed by atoms with E-state index < -0.39 is 18.0 Å². The van der Waals surface area contributed by atoms with Crippen molar-refractivity contribution in [1.82, 2.24) is 16.0 Å². The second-order valence-electron chi connectivity index (χ2n) is 4.00. The third-order valence-corrected chi connectivity index (χ3v) is 2.49. The summed E-state index contributed by atoms with van der Waals surface area (Å²) in [5.74, 6) is -1.17. The maximum absolute atomic E-state index is 11.5. The minimum atomic E-state index is -1.05. The van der Waals surface area contributed by atoms with Crippen molar-refractivity contribution in [3.63, 3.8) is 0 Å². The summed E-state index contributed by atoms with van der Waals surface area (Å²) >= 11 is 0. The van der Waals surface area contributed by atoms with E-state index in [0.717, 1.165) is 0 Å². The van der Waals surface area contributed by atoms with Crippen LogP contribution in [0.3, 0.4) is 0 Å². The maximum Gasteiger partial charge on any atom is 0.326 e. The summed E-state index contributed by atoms with van der Waals surface area (Å²) in [6.07, 6.45) is 1.28. The molecule has 0 bridgehead atoms. The minimum absolute atomic E-state index is 0.112. The zero-order chi connectivity index (χ0) is 12.8. The molecule has 7 heteroatoms. The molecule has 1 aliphatic heterocycles. The molecule has 1 aliphatic rings. The first-order chi connectivity index (χ1) is 8.02. The highest BCUT2D eigenvalue weighted by molar-refractivity contribution is 5.84. The molecule has 1 fully saturated rings. The smallest absolute Gasteiger partial charge is 0.326 e. The topological polar surface area (TPSA) is 108 Å². The molecule has 0 aliphatic carbocycles. The van der Waals surface area contributed by atoms with Crippen molar-refractivity contribution < 1.29 is 19.5 Å². The minimum Gasteiger partial charge on any atom is -0.480 e. The van der Waals surface area contributed by atoms with Crippen LogP contribution in [0.15, 0.2) is 0 Å². The molecule has 0 spiro atoms. The number of rotatable bonds is 5. The number of aliphatic carboxylic acids is 1. The van der Waals surface area contributed by atoms with Crippen LogP contribution < -0.4 is 16.0 Å². The van der Waals surface area contributed by atoms with Gasteiger partial charge in [-0.15, -0.1) is 0 Å². The zero-order valence-electron chi connectivity index (χ0n) is 9.66. The number of carbonyl (C=O) groups is 3. The molecule has 17 heavy (non-hydrogen) atoms. The number of urea groups is 1. The fourth-order valence-electron chi connectivity index (χ4n) is 1.64. The molecule has 4 N–H and O–H groups in total. The largest absolute Gasteiger partial charge is 0.480 e. The summed E-state index contributed by atoms with van der Waals surface area (Å²) in [6.45, 7) is 2.23. The molecular weight excluding hydrogens is 226 g/mol. The number of carboxylic acid groups (broad SMARTS) is 1. The van der Waals surface area contributed by atoms with Crippen LogP contribution in [0.1, 0.15) is 26.2 Å². The van der Waals surface area contributed by atoms with E-state index in [4.69, 9.17) is 5.11 Å². The predicted molar refractivity (Wildman–Crippen MR) is 59.4 cm³/mol. The van der Waals surface area contributed by atoms with Crippen molar-refractivity contribution in [2.45, 2.75) is 38.3 Å². The molecule has 2 unspecified atom stereocenters. The lowest BCUT2D eigenvalue weighted by molar-refractivity contribution is -0.139. The summed E-state index contributed by atoms with van der Waals surface area (Å²) in [5, 5.41) is 16.4. The van der Waals surface area contributed by atoms with Gasteiger partial charge in [-0.2, -0.15) is 0 Å². The molecule has 0 aromatic heterocycles. The van der Waals surface area contributed by atoms with Crippen LogP contribution in [0, 0.1) is 0 Å². The van der Waals surface area contributed by atoms with E-state index in [1.807, 2.05) is 6.92 Å². The Morgan fingerprint density at radius 3 is 2.76 bits per heavy atom. The highest BCUT2D eigenvalue weighted by Crippen LogP contribution is 2.00. The molecule has 2 atom stereocenters. The third-order valence-electron chi connectivity index (χ3n) is 2.49. The van der Waals surface area contributed by atoms with Crippen molar-refractivity contribution in [3.8, 4) is 0 Å². The van der Waals surface area contributed by atoms with E-state index in [1.165, 1.54) is 0 Å². The Morgan fingerprint density at radius 1 is 1.59 bits per heavy atom. The fraction of sp³-hybridized carbons (Fsp3) is 0.700. The quantitative estimate of drug-likeness (QED) is 0.518. The SMILES string of the molecule is CCCC(NC(=O)NC1CNC(=O)C1)C(=O)O. The summed E-state index contributed by atoms with van der Waals surface area (Å²) in [4.78, 5) is 33.2. The van der Waals surface area contributed by atoms with E-state index in [0.29, 0.717) is 19.4 Å². The molecule has 1 heterocycles. The van der Waals surface area contributed by atoms with Crippen LogP contribution in [0.4, 0.5) is 4.79 Å². The first-order valence-corrected chi connectivity index (χ1v) is 5.59. The molecular formula is C10H17N3O4. The van der Waals surface area contributed by atoms with Crippen LogP contribution in [-0.4, -0.2) is 41.6 Å². The second kappa shape index (κ2) is 6.07. The van der Waals surface area contributed by atoms with Crippen molar-refractivity contribution >= 4 is 17.9 Å². The summed E-state index contributed by atoms with van der Waals surface area (Å²) in [6, 6.07) is -1.70. The van der Waals surface area contributed by atoms with Crippen molar-refractivity contribution in [2.24, 2.45) is 0 Å². The van der Waals surface area contributed by atoms with Gasteiger partial charge in [-0.3, -0.25) is 4.79 Å². The first-order valence-electron chi connectivity index (χ1n) is 5.59. The number of nitrogens with one attached hydrogen (secondary N) is 3. The van der Waals surface area contributed by atoms with Gasteiger partial charge in [0, 0.05) is 13.0 Å². The van der Waals surface area contributed by atoms with Gasteiger partial charge in [0.15, 0.2) is 0 Å². The summed E-state index contributed by atoms with van der Waals surface area (Å²) in [5.41, 5.74) is 0. The average molecular weight is 243 g/mol. The number of carbonyl (C=O) groups excluding carboxylic acids is 2. The normalized spacial score (nSPS) is 20.5. The van der Waals surface area contributed by atoms with Crippen LogP contribution >= 0.6 is 0 Å². The summed E-state index contributed by atoms with van der Waals surface area (Å²) < 4.78 is 0. The Labute approximate surface area is 98.9 Å². The fourth-order valence-corrected chi connectivity index (χ4v) is 1.64. The van der Waals surface area contributed by atoms with Gasteiger partial charge in [0.2, 0.25) is 5.91 Å². The van der Waals surface area contributed by atoms with Gasteiger partial charge >= 0.3 is 12.0 Å². The number of hydrogen-bond donors (Lipinski definition) is 4. The molecule has 1 rings (SSSR count). The van der Waals surface area contributed by atoms with Gasteiger partial charge in [0.25, 0.3) is 0 Å². The highest BCUT2D eigenvalue weighted by Gasteiger charge is 2.25. The standard InChI is InChI=1S/C10H17N3O4/c1-2-3-7(9(15)16)13-10(17)12-6-4-8(14)11-5-6/h6-7H,2-5H2,1H3,(H,11,14)(H,15,16)(H2,12,13,17). The Morgan fingerprint density at radius 2 is 2.29 bits per heavy atom.